The number of benzene rings is 2. The van der Waals surface area contributed by atoms with Crippen LogP contribution in [0.4, 0.5) is 0 Å². The highest BCUT2D eigenvalue weighted by molar-refractivity contribution is 5.42. The van der Waals surface area contributed by atoms with Crippen LogP contribution in [0.25, 0.3) is 0 Å². The van der Waals surface area contributed by atoms with Crippen LogP contribution in [-0.2, 0) is 19.3 Å². The fraction of sp³-hybridized carbons (Fsp3) is 0.381. The van der Waals surface area contributed by atoms with Crippen molar-refractivity contribution < 1.29 is 5.11 Å². The largest absolute Gasteiger partial charge is 0.508 e. The zero-order valence-corrected chi connectivity index (χ0v) is 14.4. The Morgan fingerprint density at radius 3 is 2.83 bits per heavy atom. The minimum atomic E-state index is 0.395. The van der Waals surface area contributed by atoms with Crippen LogP contribution in [0.1, 0.15) is 34.2 Å². The molecule has 1 N–H and O–H groups in total. The Morgan fingerprint density at radius 1 is 1.25 bits per heavy atom. The fourth-order valence-corrected chi connectivity index (χ4v) is 3.60. The van der Waals surface area contributed by atoms with E-state index in [9.17, 15) is 10.4 Å². The molecule has 0 saturated heterocycles. The van der Waals surface area contributed by atoms with Crippen molar-refractivity contribution in [3.8, 4) is 11.8 Å². The van der Waals surface area contributed by atoms with Gasteiger partial charge in [0.1, 0.15) is 5.75 Å². The highest BCUT2D eigenvalue weighted by Gasteiger charge is 2.22. The molecule has 0 aromatic heterocycles. The van der Waals surface area contributed by atoms with Gasteiger partial charge in [0.2, 0.25) is 0 Å². The number of likely N-dealkylation sites (N-methyl/N-ethyl adjacent to an activating group) is 1. The van der Waals surface area contributed by atoms with Gasteiger partial charge in [-0.15, -0.1) is 0 Å². The quantitative estimate of drug-likeness (QED) is 0.940. The molecule has 0 spiro atoms. The standard InChI is InChI=1S/C21H24N2O/c1-15-11-17-9-10-23(2)20(12-19(17)13-21(15)24)8-7-16-5-3-4-6-18(16)14-22/h3-6,11,13,20,24H,7-10,12H2,1-2H3. The zero-order chi connectivity index (χ0) is 17.1. The Morgan fingerprint density at radius 2 is 2.04 bits per heavy atom. The fourth-order valence-electron chi connectivity index (χ4n) is 3.60. The van der Waals surface area contributed by atoms with E-state index < -0.39 is 0 Å². The molecule has 3 heteroatoms. The lowest BCUT2D eigenvalue weighted by Crippen LogP contribution is -2.33. The van der Waals surface area contributed by atoms with Gasteiger partial charge in [-0.1, -0.05) is 24.3 Å². The Hall–Kier alpha value is -2.31. The smallest absolute Gasteiger partial charge is 0.118 e. The molecule has 1 heterocycles. The van der Waals surface area contributed by atoms with E-state index in [1.54, 1.807) is 0 Å². The van der Waals surface area contributed by atoms with E-state index in [0.29, 0.717) is 11.8 Å². The highest BCUT2D eigenvalue weighted by Crippen LogP contribution is 2.28. The summed E-state index contributed by atoms with van der Waals surface area (Å²) in [4.78, 5) is 2.42. The van der Waals surface area contributed by atoms with Gasteiger partial charge in [0, 0.05) is 12.6 Å². The lowest BCUT2D eigenvalue weighted by Gasteiger charge is -2.26. The monoisotopic (exact) mass is 320 g/mol. The minimum Gasteiger partial charge on any atom is -0.508 e. The van der Waals surface area contributed by atoms with Gasteiger partial charge in [-0.25, -0.2) is 0 Å². The van der Waals surface area contributed by atoms with Crippen LogP contribution in [0.5, 0.6) is 5.75 Å². The second kappa shape index (κ2) is 7.07. The molecule has 2 aromatic rings. The summed E-state index contributed by atoms with van der Waals surface area (Å²) in [7, 11) is 2.18. The molecule has 2 aromatic carbocycles. The normalized spacial score (nSPS) is 17.8. The van der Waals surface area contributed by atoms with E-state index in [4.69, 9.17) is 0 Å². The van der Waals surface area contributed by atoms with E-state index in [1.165, 1.54) is 11.1 Å². The molecule has 0 bridgehead atoms. The van der Waals surface area contributed by atoms with Crippen molar-refractivity contribution in [3.63, 3.8) is 0 Å². The number of rotatable bonds is 3. The first-order chi connectivity index (χ1) is 11.6. The Labute approximate surface area is 144 Å². The van der Waals surface area contributed by atoms with Gasteiger partial charge in [0.25, 0.3) is 0 Å². The molecule has 1 unspecified atom stereocenters. The number of aryl methyl sites for hydroxylation is 2. The molecular weight excluding hydrogens is 296 g/mol. The van der Waals surface area contributed by atoms with Gasteiger partial charge in [-0.05, 0) is 74.0 Å². The van der Waals surface area contributed by atoms with Gasteiger partial charge in [0.05, 0.1) is 11.6 Å². The number of aromatic hydroxyl groups is 1. The third-order valence-corrected chi connectivity index (χ3v) is 5.22. The third kappa shape index (κ3) is 3.44. The van der Waals surface area contributed by atoms with Crippen molar-refractivity contribution >= 4 is 0 Å². The van der Waals surface area contributed by atoms with E-state index in [2.05, 4.69) is 30.1 Å². The SMILES string of the molecule is Cc1cc2c(cc1O)CC(CCc1ccccc1C#N)N(C)CC2. The molecule has 3 nitrogen and oxygen atoms in total. The molecule has 0 radical (unpaired) electrons. The molecule has 1 aliphatic heterocycles. The van der Waals surface area contributed by atoms with Crippen molar-refractivity contribution in [1.29, 1.82) is 5.26 Å². The maximum atomic E-state index is 10.0. The molecule has 124 valence electrons. The number of phenols is 1. The average molecular weight is 320 g/mol. The summed E-state index contributed by atoms with van der Waals surface area (Å²) < 4.78 is 0. The summed E-state index contributed by atoms with van der Waals surface area (Å²) >= 11 is 0. The molecular formula is C21H24N2O. The lowest BCUT2D eigenvalue weighted by atomic mass is 9.94. The van der Waals surface area contributed by atoms with Crippen LogP contribution >= 0.6 is 0 Å². The number of phenolic OH excluding ortho intramolecular Hbond substituents is 1. The van der Waals surface area contributed by atoms with Crippen LogP contribution in [0.15, 0.2) is 36.4 Å². The van der Waals surface area contributed by atoms with Crippen LogP contribution in [0.2, 0.25) is 0 Å². The molecule has 0 aliphatic carbocycles. The highest BCUT2D eigenvalue weighted by atomic mass is 16.3. The predicted octanol–water partition coefficient (Wildman–Crippen LogP) is 3.60. The Balaban J connectivity index is 1.77. The molecule has 1 aliphatic rings. The van der Waals surface area contributed by atoms with Crippen molar-refractivity contribution in [1.82, 2.24) is 4.90 Å². The van der Waals surface area contributed by atoms with Crippen molar-refractivity contribution in [2.45, 2.75) is 38.6 Å². The number of nitrogens with zero attached hydrogens (tertiary/aromatic N) is 2. The first-order valence-corrected chi connectivity index (χ1v) is 8.58. The molecule has 0 amide bonds. The maximum Gasteiger partial charge on any atom is 0.118 e. The van der Waals surface area contributed by atoms with Crippen LogP contribution in [0.3, 0.4) is 0 Å². The maximum absolute atomic E-state index is 10.0. The van der Waals surface area contributed by atoms with E-state index in [1.807, 2.05) is 31.2 Å². The van der Waals surface area contributed by atoms with Crippen LogP contribution in [-0.4, -0.2) is 29.6 Å². The first-order valence-electron chi connectivity index (χ1n) is 8.58. The second-order valence-electron chi connectivity index (χ2n) is 6.80. The van der Waals surface area contributed by atoms with E-state index >= 15 is 0 Å². The van der Waals surface area contributed by atoms with Crippen LogP contribution < -0.4 is 0 Å². The second-order valence-corrected chi connectivity index (χ2v) is 6.80. The van der Waals surface area contributed by atoms with Crippen LogP contribution in [0, 0.1) is 18.3 Å². The van der Waals surface area contributed by atoms with Crippen molar-refractivity contribution in [2.24, 2.45) is 0 Å². The molecule has 0 fully saturated rings. The summed E-state index contributed by atoms with van der Waals surface area (Å²) in [5.41, 5.74) is 5.49. The summed E-state index contributed by atoms with van der Waals surface area (Å²) in [6, 6.07) is 14.7. The zero-order valence-electron chi connectivity index (χ0n) is 14.4. The molecule has 1 atom stereocenters. The van der Waals surface area contributed by atoms with E-state index in [-0.39, 0.29) is 0 Å². The number of hydrogen-bond donors (Lipinski definition) is 1. The van der Waals surface area contributed by atoms with Crippen molar-refractivity contribution in [3.05, 3.63) is 64.2 Å². The summed E-state index contributed by atoms with van der Waals surface area (Å²) in [6.07, 6.45) is 3.90. The lowest BCUT2D eigenvalue weighted by molar-refractivity contribution is 0.238. The predicted molar refractivity (Wildman–Crippen MR) is 96.1 cm³/mol. The minimum absolute atomic E-state index is 0.395. The van der Waals surface area contributed by atoms with Gasteiger partial charge in [-0.3, -0.25) is 0 Å². The van der Waals surface area contributed by atoms with Crippen molar-refractivity contribution in [2.75, 3.05) is 13.6 Å². The summed E-state index contributed by atoms with van der Waals surface area (Å²) in [5.74, 6) is 0.395. The van der Waals surface area contributed by atoms with Gasteiger partial charge >= 0.3 is 0 Å². The molecule has 24 heavy (non-hydrogen) atoms. The van der Waals surface area contributed by atoms with Gasteiger partial charge in [0.15, 0.2) is 0 Å². The number of hydrogen-bond acceptors (Lipinski definition) is 3. The van der Waals surface area contributed by atoms with Gasteiger partial charge in [-0.2, -0.15) is 5.26 Å². The molecule has 3 rings (SSSR count). The number of nitriles is 1. The first kappa shape index (κ1) is 16.5. The number of fused-ring (bicyclic) bond motifs is 1. The summed E-state index contributed by atoms with van der Waals surface area (Å²) in [5, 5.41) is 19.3. The summed E-state index contributed by atoms with van der Waals surface area (Å²) in [6.45, 7) is 2.99. The topological polar surface area (TPSA) is 47.3 Å². The third-order valence-electron chi connectivity index (χ3n) is 5.22. The Kier molecular flexibility index (Phi) is 4.87. The van der Waals surface area contributed by atoms with E-state index in [0.717, 1.165) is 48.9 Å². The average Bonchev–Trinajstić information content (AvgIpc) is 2.73. The Bertz CT molecular complexity index is 776. The molecule has 0 saturated carbocycles. The van der Waals surface area contributed by atoms with Gasteiger partial charge < -0.3 is 10.0 Å².